The summed E-state index contributed by atoms with van der Waals surface area (Å²) in [6.07, 6.45) is 0.233. The topological polar surface area (TPSA) is 92.8 Å². The first-order valence-electron chi connectivity index (χ1n) is 13.5. The highest BCUT2D eigenvalue weighted by atomic mass is 35.5. The zero-order chi connectivity index (χ0) is 28.1. The minimum atomic E-state index is -1.12. The van der Waals surface area contributed by atoms with Crippen molar-refractivity contribution < 1.29 is 23.9 Å². The van der Waals surface area contributed by atoms with Crippen LogP contribution in [0.15, 0.2) is 72.8 Å². The molecule has 0 spiro atoms. The smallest absolute Gasteiger partial charge is 0.329 e. The van der Waals surface area contributed by atoms with Crippen molar-refractivity contribution in [1.29, 1.82) is 0 Å². The van der Waals surface area contributed by atoms with Gasteiger partial charge in [-0.3, -0.25) is 19.3 Å². The predicted molar refractivity (Wildman–Crippen MR) is 150 cm³/mol. The van der Waals surface area contributed by atoms with Crippen LogP contribution in [0, 0.1) is 17.8 Å². The van der Waals surface area contributed by atoms with Gasteiger partial charge in [-0.25, -0.2) is 4.79 Å². The number of halogens is 1. The van der Waals surface area contributed by atoms with Crippen LogP contribution in [0.2, 0.25) is 5.02 Å². The van der Waals surface area contributed by atoms with Gasteiger partial charge in [0.05, 0.1) is 22.5 Å². The number of likely N-dealkylation sites (tertiary alicyclic amines) is 1. The van der Waals surface area contributed by atoms with Gasteiger partial charge in [0.15, 0.2) is 6.61 Å². The van der Waals surface area contributed by atoms with E-state index < -0.39 is 36.4 Å². The molecule has 8 heteroatoms. The van der Waals surface area contributed by atoms with Crippen molar-refractivity contribution in [1.82, 2.24) is 4.90 Å². The van der Waals surface area contributed by atoms with Gasteiger partial charge in [-0.15, -0.1) is 0 Å². The fraction of sp³-hybridized carbons (Fsp3) is 0.312. The van der Waals surface area contributed by atoms with Crippen LogP contribution in [-0.2, 0) is 23.9 Å². The highest BCUT2D eigenvalue weighted by molar-refractivity contribution is 6.33. The van der Waals surface area contributed by atoms with Gasteiger partial charge in [0.1, 0.15) is 6.04 Å². The molecule has 3 aromatic rings. The van der Waals surface area contributed by atoms with E-state index in [-0.39, 0.29) is 36.0 Å². The van der Waals surface area contributed by atoms with Crippen molar-refractivity contribution in [3.05, 3.63) is 100 Å². The van der Waals surface area contributed by atoms with E-state index in [0.717, 1.165) is 27.2 Å². The number of imide groups is 1. The summed E-state index contributed by atoms with van der Waals surface area (Å²) in [7, 11) is 0. The molecule has 7 rings (SSSR count). The van der Waals surface area contributed by atoms with E-state index in [0.29, 0.717) is 10.7 Å². The van der Waals surface area contributed by atoms with Gasteiger partial charge < -0.3 is 10.1 Å². The summed E-state index contributed by atoms with van der Waals surface area (Å²) in [5, 5.41) is 2.97. The lowest BCUT2D eigenvalue weighted by molar-refractivity contribution is -0.160. The van der Waals surface area contributed by atoms with Crippen LogP contribution in [0.4, 0.5) is 5.69 Å². The molecule has 0 radical (unpaired) electrons. The summed E-state index contributed by atoms with van der Waals surface area (Å²) in [5.74, 6) is -3.76. The number of anilines is 1. The van der Waals surface area contributed by atoms with E-state index in [2.05, 4.69) is 5.32 Å². The Bertz CT molecular complexity index is 1420. The Kier molecular flexibility index (Phi) is 6.70. The van der Waals surface area contributed by atoms with E-state index in [1.165, 1.54) is 0 Å². The van der Waals surface area contributed by atoms with Crippen LogP contribution < -0.4 is 5.32 Å². The van der Waals surface area contributed by atoms with Crippen molar-refractivity contribution in [3.8, 4) is 0 Å². The third-order valence-electron chi connectivity index (χ3n) is 8.25. The molecule has 1 saturated heterocycles. The maximum absolute atomic E-state index is 14.1. The lowest BCUT2D eigenvalue weighted by Gasteiger charge is -2.45. The van der Waals surface area contributed by atoms with E-state index in [4.69, 9.17) is 16.3 Å². The molecule has 1 N–H and O–H groups in total. The van der Waals surface area contributed by atoms with Gasteiger partial charge >= 0.3 is 5.97 Å². The number of ether oxygens (including phenoxy) is 1. The summed E-state index contributed by atoms with van der Waals surface area (Å²) < 4.78 is 5.39. The Balaban J connectivity index is 1.28. The van der Waals surface area contributed by atoms with E-state index in [1.807, 2.05) is 62.4 Å². The molecule has 3 aliphatic carbocycles. The second kappa shape index (κ2) is 10.2. The van der Waals surface area contributed by atoms with Crippen molar-refractivity contribution >= 4 is 41.0 Å². The zero-order valence-corrected chi connectivity index (χ0v) is 22.9. The van der Waals surface area contributed by atoms with Crippen molar-refractivity contribution in [2.75, 3.05) is 11.9 Å². The number of hydrogen-bond acceptors (Lipinski definition) is 5. The largest absolute Gasteiger partial charge is 0.454 e. The SMILES string of the molecule is CC(C)C[C@@H](C(=O)OCC(=O)Nc1ccccc1Cl)N1C(=O)[C@@H]2C3c4ccccc4C(c4ccccc43)[C@@H]2C1=O. The molecule has 40 heavy (non-hydrogen) atoms. The predicted octanol–water partition coefficient (Wildman–Crippen LogP) is 5.13. The number of benzene rings is 3. The molecule has 1 heterocycles. The molecule has 3 atom stereocenters. The van der Waals surface area contributed by atoms with Gasteiger partial charge in [-0.1, -0.05) is 86.1 Å². The Morgan fingerprint density at radius 2 is 1.30 bits per heavy atom. The zero-order valence-electron chi connectivity index (χ0n) is 22.2. The summed E-state index contributed by atoms with van der Waals surface area (Å²) in [5.41, 5.74) is 4.65. The Morgan fingerprint density at radius 3 is 1.77 bits per heavy atom. The Morgan fingerprint density at radius 1 is 0.825 bits per heavy atom. The first-order chi connectivity index (χ1) is 19.3. The maximum Gasteiger partial charge on any atom is 0.329 e. The monoisotopic (exact) mass is 556 g/mol. The molecule has 4 aliphatic rings. The molecular weight excluding hydrogens is 528 g/mol. The number of hydrogen-bond donors (Lipinski definition) is 1. The minimum Gasteiger partial charge on any atom is -0.454 e. The van der Waals surface area contributed by atoms with Crippen molar-refractivity contribution in [2.45, 2.75) is 38.1 Å². The maximum atomic E-state index is 14.1. The number of nitrogens with zero attached hydrogens (tertiary/aromatic N) is 1. The molecule has 7 nitrogen and oxygen atoms in total. The normalized spacial score (nSPS) is 22.9. The lowest BCUT2D eigenvalue weighted by Crippen LogP contribution is -2.47. The number of nitrogens with one attached hydrogen (secondary N) is 1. The van der Waals surface area contributed by atoms with Gasteiger partial charge in [0, 0.05) is 11.8 Å². The van der Waals surface area contributed by atoms with Crippen molar-refractivity contribution in [2.24, 2.45) is 17.8 Å². The Hall–Kier alpha value is -3.97. The van der Waals surface area contributed by atoms with Crippen LogP contribution >= 0.6 is 11.6 Å². The summed E-state index contributed by atoms with van der Waals surface area (Å²) in [6, 6.07) is 21.6. The minimum absolute atomic E-state index is 0.0103. The summed E-state index contributed by atoms with van der Waals surface area (Å²) >= 11 is 6.11. The second-order valence-corrected chi connectivity index (χ2v) is 11.5. The molecule has 0 saturated carbocycles. The van der Waals surface area contributed by atoms with Crippen LogP contribution in [0.5, 0.6) is 0 Å². The fourth-order valence-electron chi connectivity index (χ4n) is 6.74. The first-order valence-corrected chi connectivity index (χ1v) is 13.9. The number of amides is 3. The average molecular weight is 557 g/mol. The molecule has 0 aromatic heterocycles. The molecule has 2 bridgehead atoms. The molecule has 3 aromatic carbocycles. The van der Waals surface area contributed by atoms with Crippen LogP contribution in [-0.4, -0.2) is 41.2 Å². The van der Waals surface area contributed by atoms with Crippen molar-refractivity contribution in [3.63, 3.8) is 0 Å². The number of carbonyl (C=O) groups excluding carboxylic acids is 4. The highest BCUT2D eigenvalue weighted by Crippen LogP contribution is 2.61. The summed E-state index contributed by atoms with van der Waals surface area (Å²) in [4.78, 5) is 55.3. The van der Waals surface area contributed by atoms with Crippen LogP contribution in [0.25, 0.3) is 0 Å². The lowest BCUT2D eigenvalue weighted by atomic mass is 9.55. The quantitative estimate of drug-likeness (QED) is 0.322. The first kappa shape index (κ1) is 26.3. The van der Waals surface area contributed by atoms with E-state index in [9.17, 15) is 19.2 Å². The summed E-state index contributed by atoms with van der Waals surface area (Å²) in [6.45, 7) is 3.26. The number of carbonyl (C=O) groups is 4. The molecule has 204 valence electrons. The number of rotatable bonds is 7. The third kappa shape index (κ3) is 4.20. The molecule has 1 aliphatic heterocycles. The van der Waals surface area contributed by atoms with Crippen LogP contribution in [0.1, 0.15) is 54.4 Å². The van der Waals surface area contributed by atoms with Crippen LogP contribution in [0.3, 0.4) is 0 Å². The van der Waals surface area contributed by atoms with Gasteiger partial charge in [0.2, 0.25) is 11.8 Å². The molecule has 1 fully saturated rings. The van der Waals surface area contributed by atoms with E-state index in [1.54, 1.807) is 24.3 Å². The molecule has 0 unspecified atom stereocenters. The van der Waals surface area contributed by atoms with Gasteiger partial charge in [-0.2, -0.15) is 0 Å². The number of esters is 1. The number of para-hydroxylation sites is 1. The van der Waals surface area contributed by atoms with Gasteiger partial charge in [-0.05, 0) is 46.7 Å². The third-order valence-corrected chi connectivity index (χ3v) is 8.58. The molecule has 3 amide bonds. The second-order valence-electron chi connectivity index (χ2n) is 11.1. The average Bonchev–Trinajstić information content (AvgIpc) is 3.21. The fourth-order valence-corrected chi connectivity index (χ4v) is 6.93. The van der Waals surface area contributed by atoms with E-state index >= 15 is 0 Å². The highest BCUT2D eigenvalue weighted by Gasteiger charge is 2.63. The standard InChI is InChI=1S/C32H29ClN2O5/c1-17(2)15-24(32(39)40-16-25(36)34-23-14-8-7-13-22(23)33)35-30(37)28-26-18-9-3-4-10-19(18)27(29(28)31(35)38)21-12-6-5-11-20(21)26/h3-14,17,24,26-29H,15-16H2,1-2H3,(H,34,36)/t24-,26?,27?,28-,29+/m0/s1. The van der Waals surface area contributed by atoms with Gasteiger partial charge in [0.25, 0.3) is 5.91 Å². The Labute approximate surface area is 237 Å². The molecular formula is C32H29ClN2O5.